The van der Waals surface area contributed by atoms with E-state index in [-0.39, 0.29) is 0 Å². The maximum absolute atomic E-state index is 5.93. The largest absolute Gasteiger partial charge is 0.494 e. The van der Waals surface area contributed by atoms with Gasteiger partial charge in [0.2, 0.25) is 0 Å². The van der Waals surface area contributed by atoms with Crippen molar-refractivity contribution in [2.45, 2.75) is 13.5 Å². The van der Waals surface area contributed by atoms with Gasteiger partial charge in [-0.1, -0.05) is 11.6 Å². The maximum Gasteiger partial charge on any atom is 0.120 e. The van der Waals surface area contributed by atoms with Gasteiger partial charge >= 0.3 is 0 Å². The summed E-state index contributed by atoms with van der Waals surface area (Å²) in [5, 5.41) is 0.652. The number of anilines is 1. The van der Waals surface area contributed by atoms with Crippen LogP contribution in [0.5, 0.6) is 11.5 Å². The molecule has 2 aromatic carbocycles. The summed E-state index contributed by atoms with van der Waals surface area (Å²) in [5.41, 5.74) is 7.41. The van der Waals surface area contributed by atoms with Crippen molar-refractivity contribution in [1.82, 2.24) is 0 Å². The number of nitrogen functional groups attached to an aromatic ring is 1. The predicted molar refractivity (Wildman–Crippen MR) is 77.8 cm³/mol. The van der Waals surface area contributed by atoms with E-state index in [1.807, 2.05) is 37.3 Å². The molecule has 0 fully saturated rings. The molecule has 0 aliphatic heterocycles. The SMILES string of the molecule is CCOc1ccc(OCc2cc(Cl)ccc2N)cc1. The Morgan fingerprint density at radius 2 is 1.63 bits per heavy atom. The van der Waals surface area contributed by atoms with E-state index in [2.05, 4.69) is 0 Å². The quantitative estimate of drug-likeness (QED) is 0.843. The zero-order valence-corrected chi connectivity index (χ0v) is 11.5. The lowest BCUT2D eigenvalue weighted by atomic mass is 10.2. The average Bonchev–Trinajstić information content (AvgIpc) is 2.42. The summed E-state index contributed by atoms with van der Waals surface area (Å²) in [7, 11) is 0. The average molecular weight is 278 g/mol. The molecule has 0 aromatic heterocycles. The van der Waals surface area contributed by atoms with Crippen molar-refractivity contribution < 1.29 is 9.47 Å². The molecule has 0 unspecified atom stereocenters. The Morgan fingerprint density at radius 3 is 2.26 bits per heavy atom. The van der Waals surface area contributed by atoms with Crippen LogP contribution >= 0.6 is 11.6 Å². The van der Waals surface area contributed by atoms with Gasteiger partial charge in [0.1, 0.15) is 18.1 Å². The monoisotopic (exact) mass is 277 g/mol. The van der Waals surface area contributed by atoms with Crippen molar-refractivity contribution in [1.29, 1.82) is 0 Å². The zero-order chi connectivity index (χ0) is 13.7. The summed E-state index contributed by atoms with van der Waals surface area (Å²) in [6, 6.07) is 12.8. The van der Waals surface area contributed by atoms with E-state index in [1.165, 1.54) is 0 Å². The highest BCUT2D eigenvalue weighted by molar-refractivity contribution is 6.30. The first-order chi connectivity index (χ1) is 9.19. The minimum absolute atomic E-state index is 0.389. The van der Waals surface area contributed by atoms with Gasteiger partial charge in [0.05, 0.1) is 6.61 Å². The van der Waals surface area contributed by atoms with E-state index in [4.69, 9.17) is 26.8 Å². The van der Waals surface area contributed by atoms with Crippen molar-refractivity contribution in [2.24, 2.45) is 0 Å². The molecule has 0 saturated heterocycles. The summed E-state index contributed by atoms with van der Waals surface area (Å²) in [6.07, 6.45) is 0. The second-order valence-electron chi connectivity index (χ2n) is 4.04. The van der Waals surface area contributed by atoms with Crippen LogP contribution in [0.15, 0.2) is 42.5 Å². The highest BCUT2D eigenvalue weighted by atomic mass is 35.5. The summed E-state index contributed by atoms with van der Waals surface area (Å²) in [4.78, 5) is 0. The van der Waals surface area contributed by atoms with Crippen LogP contribution in [-0.4, -0.2) is 6.61 Å². The molecule has 0 saturated carbocycles. The van der Waals surface area contributed by atoms with Gasteiger partial charge in [-0.05, 0) is 49.4 Å². The molecular weight excluding hydrogens is 262 g/mol. The third kappa shape index (κ3) is 3.80. The first-order valence-corrected chi connectivity index (χ1v) is 6.46. The molecule has 2 aromatic rings. The van der Waals surface area contributed by atoms with Crippen LogP contribution in [0.2, 0.25) is 5.02 Å². The lowest BCUT2D eigenvalue weighted by Gasteiger charge is -2.09. The van der Waals surface area contributed by atoms with Crippen LogP contribution in [0.1, 0.15) is 12.5 Å². The summed E-state index contributed by atoms with van der Waals surface area (Å²) >= 11 is 5.93. The van der Waals surface area contributed by atoms with Crippen LogP contribution in [0.3, 0.4) is 0 Å². The van der Waals surface area contributed by atoms with Gasteiger partial charge in [0, 0.05) is 16.3 Å². The third-order valence-electron chi connectivity index (χ3n) is 2.63. The second kappa shape index (κ2) is 6.34. The Bertz CT molecular complexity index is 540. The molecule has 2 rings (SSSR count). The van der Waals surface area contributed by atoms with E-state index in [1.54, 1.807) is 12.1 Å². The topological polar surface area (TPSA) is 44.5 Å². The standard InChI is InChI=1S/C15H16ClNO2/c1-2-18-13-4-6-14(7-5-13)19-10-11-9-12(16)3-8-15(11)17/h3-9H,2,10,17H2,1H3. The van der Waals surface area contributed by atoms with Crippen molar-refractivity contribution >= 4 is 17.3 Å². The third-order valence-corrected chi connectivity index (χ3v) is 2.87. The van der Waals surface area contributed by atoms with E-state index in [0.29, 0.717) is 23.9 Å². The lowest BCUT2D eigenvalue weighted by molar-refractivity contribution is 0.304. The van der Waals surface area contributed by atoms with Crippen molar-refractivity contribution in [3.63, 3.8) is 0 Å². The van der Waals surface area contributed by atoms with Crippen molar-refractivity contribution in [2.75, 3.05) is 12.3 Å². The Labute approximate surface area is 117 Å². The van der Waals surface area contributed by atoms with Gasteiger partial charge in [0.15, 0.2) is 0 Å². The van der Waals surface area contributed by atoms with Crippen LogP contribution < -0.4 is 15.2 Å². The highest BCUT2D eigenvalue weighted by Crippen LogP contribution is 2.22. The Kier molecular flexibility index (Phi) is 4.53. The summed E-state index contributed by atoms with van der Waals surface area (Å²) in [5.74, 6) is 1.60. The Morgan fingerprint density at radius 1 is 1.00 bits per heavy atom. The molecule has 0 spiro atoms. The summed E-state index contributed by atoms with van der Waals surface area (Å²) < 4.78 is 11.0. The fourth-order valence-corrected chi connectivity index (χ4v) is 1.85. The fourth-order valence-electron chi connectivity index (χ4n) is 1.66. The van der Waals surface area contributed by atoms with Crippen LogP contribution in [-0.2, 0) is 6.61 Å². The van der Waals surface area contributed by atoms with Crippen LogP contribution in [0.4, 0.5) is 5.69 Å². The van der Waals surface area contributed by atoms with Crippen LogP contribution in [0.25, 0.3) is 0 Å². The molecule has 19 heavy (non-hydrogen) atoms. The first-order valence-electron chi connectivity index (χ1n) is 6.08. The number of nitrogens with two attached hydrogens (primary N) is 1. The molecular formula is C15H16ClNO2. The minimum Gasteiger partial charge on any atom is -0.494 e. The van der Waals surface area contributed by atoms with Gasteiger partial charge in [-0.25, -0.2) is 0 Å². The normalized spacial score (nSPS) is 10.2. The van der Waals surface area contributed by atoms with Crippen molar-refractivity contribution in [3.05, 3.63) is 53.1 Å². The van der Waals surface area contributed by atoms with Gasteiger partial charge in [-0.15, -0.1) is 0 Å². The smallest absolute Gasteiger partial charge is 0.120 e. The molecule has 2 N–H and O–H groups in total. The van der Waals surface area contributed by atoms with Gasteiger partial charge < -0.3 is 15.2 Å². The number of rotatable bonds is 5. The molecule has 0 radical (unpaired) electrons. The molecule has 3 nitrogen and oxygen atoms in total. The molecule has 0 amide bonds. The highest BCUT2D eigenvalue weighted by Gasteiger charge is 2.02. The second-order valence-corrected chi connectivity index (χ2v) is 4.47. The van der Waals surface area contributed by atoms with Gasteiger partial charge in [-0.2, -0.15) is 0 Å². The number of hydrogen-bond acceptors (Lipinski definition) is 3. The van der Waals surface area contributed by atoms with Gasteiger partial charge in [-0.3, -0.25) is 0 Å². The minimum atomic E-state index is 0.389. The number of benzene rings is 2. The molecule has 0 atom stereocenters. The zero-order valence-electron chi connectivity index (χ0n) is 10.7. The number of ether oxygens (including phenoxy) is 2. The summed E-state index contributed by atoms with van der Waals surface area (Å²) in [6.45, 7) is 2.99. The molecule has 4 heteroatoms. The Hall–Kier alpha value is -1.87. The molecule has 0 aliphatic rings. The van der Waals surface area contributed by atoms with E-state index >= 15 is 0 Å². The van der Waals surface area contributed by atoms with Crippen LogP contribution in [0, 0.1) is 0 Å². The predicted octanol–water partition coefficient (Wildman–Crippen LogP) is 3.90. The fraction of sp³-hybridized carbons (Fsp3) is 0.200. The van der Waals surface area contributed by atoms with E-state index < -0.39 is 0 Å². The van der Waals surface area contributed by atoms with E-state index in [0.717, 1.165) is 17.1 Å². The molecule has 0 aliphatic carbocycles. The number of halogens is 1. The number of hydrogen-bond donors (Lipinski definition) is 1. The molecule has 0 heterocycles. The lowest BCUT2D eigenvalue weighted by Crippen LogP contribution is -2.00. The van der Waals surface area contributed by atoms with Gasteiger partial charge in [0.25, 0.3) is 0 Å². The molecule has 100 valence electrons. The van der Waals surface area contributed by atoms with E-state index in [9.17, 15) is 0 Å². The Balaban J connectivity index is 2.00. The van der Waals surface area contributed by atoms with Crippen molar-refractivity contribution in [3.8, 4) is 11.5 Å². The maximum atomic E-state index is 5.93. The first kappa shape index (κ1) is 13.6. The molecule has 0 bridgehead atoms.